The number of likely N-dealkylation sites (tertiary alicyclic amines) is 1. The highest BCUT2D eigenvalue weighted by Crippen LogP contribution is 2.58. The molecular weight excluding hydrogens is 230 g/mol. The summed E-state index contributed by atoms with van der Waals surface area (Å²) in [5, 5.41) is 2.81. The molecule has 0 aromatic heterocycles. The van der Waals surface area contributed by atoms with Crippen molar-refractivity contribution in [2.45, 2.75) is 25.3 Å². The van der Waals surface area contributed by atoms with E-state index in [1.165, 1.54) is 19.3 Å². The third-order valence-corrected chi connectivity index (χ3v) is 5.20. The number of rotatable bonds is 2. The molecule has 0 aromatic carbocycles. The molecule has 2 unspecified atom stereocenters. The van der Waals surface area contributed by atoms with Gasteiger partial charge in [-0.2, -0.15) is 0 Å². The van der Waals surface area contributed by atoms with E-state index >= 15 is 0 Å². The van der Waals surface area contributed by atoms with Gasteiger partial charge in [0.15, 0.2) is 0 Å². The van der Waals surface area contributed by atoms with E-state index in [0.29, 0.717) is 23.7 Å². The van der Waals surface area contributed by atoms with Crippen molar-refractivity contribution in [3.8, 4) is 0 Å². The van der Waals surface area contributed by atoms with Crippen LogP contribution in [0.5, 0.6) is 0 Å². The standard InChI is InChI=1S/C13H19N3O2/c17-12(11-9-2-1-3-10(9)11)15-6-8(7-15)16-5-4-14-13(16)18/h8-11H,1-7H2,(H,14,18). The van der Waals surface area contributed by atoms with E-state index in [0.717, 1.165) is 26.2 Å². The fourth-order valence-corrected chi connectivity index (χ4v) is 4.07. The zero-order valence-corrected chi connectivity index (χ0v) is 10.5. The predicted octanol–water partition coefficient (Wildman–Crippen LogP) is 0.269. The summed E-state index contributed by atoms with van der Waals surface area (Å²) in [6.45, 7) is 3.04. The van der Waals surface area contributed by atoms with Gasteiger partial charge in [-0.15, -0.1) is 0 Å². The first-order valence-electron chi connectivity index (χ1n) is 7.09. The number of nitrogens with one attached hydrogen (secondary N) is 1. The number of nitrogens with zero attached hydrogens (tertiary/aromatic N) is 2. The fourth-order valence-electron chi connectivity index (χ4n) is 4.07. The molecule has 4 rings (SSSR count). The maximum absolute atomic E-state index is 12.3. The molecule has 0 radical (unpaired) electrons. The van der Waals surface area contributed by atoms with Crippen molar-refractivity contribution in [3.05, 3.63) is 0 Å². The minimum absolute atomic E-state index is 0.0374. The fraction of sp³-hybridized carbons (Fsp3) is 0.846. The Morgan fingerprint density at radius 3 is 2.56 bits per heavy atom. The monoisotopic (exact) mass is 249 g/mol. The van der Waals surface area contributed by atoms with Gasteiger partial charge in [-0.05, 0) is 24.7 Å². The predicted molar refractivity (Wildman–Crippen MR) is 64.8 cm³/mol. The molecule has 98 valence electrons. The quantitative estimate of drug-likeness (QED) is 0.763. The molecule has 4 fully saturated rings. The number of carbonyl (C=O) groups excluding carboxylic acids is 2. The van der Waals surface area contributed by atoms with Crippen LogP contribution in [0.15, 0.2) is 0 Å². The van der Waals surface area contributed by atoms with Gasteiger partial charge in [-0.1, -0.05) is 6.42 Å². The molecule has 5 heteroatoms. The van der Waals surface area contributed by atoms with Gasteiger partial charge in [-0.3, -0.25) is 4.79 Å². The van der Waals surface area contributed by atoms with Crippen molar-refractivity contribution >= 4 is 11.9 Å². The largest absolute Gasteiger partial charge is 0.338 e. The molecule has 3 amide bonds. The van der Waals surface area contributed by atoms with Gasteiger partial charge < -0.3 is 15.1 Å². The molecule has 2 heterocycles. The van der Waals surface area contributed by atoms with Gasteiger partial charge in [0.25, 0.3) is 0 Å². The second kappa shape index (κ2) is 3.62. The molecule has 0 bridgehead atoms. The Hall–Kier alpha value is -1.26. The van der Waals surface area contributed by atoms with Crippen LogP contribution in [0, 0.1) is 17.8 Å². The Kier molecular flexibility index (Phi) is 2.14. The highest BCUT2D eigenvalue weighted by Gasteiger charge is 2.58. The lowest BCUT2D eigenvalue weighted by molar-refractivity contribution is -0.139. The number of fused-ring (bicyclic) bond motifs is 1. The zero-order chi connectivity index (χ0) is 12.3. The third-order valence-electron chi connectivity index (χ3n) is 5.20. The molecule has 0 aromatic rings. The molecular formula is C13H19N3O2. The number of amides is 3. The Bertz CT molecular complexity index is 395. The molecule has 2 saturated heterocycles. The van der Waals surface area contributed by atoms with Gasteiger partial charge in [0.1, 0.15) is 0 Å². The van der Waals surface area contributed by atoms with Gasteiger partial charge in [0.05, 0.1) is 6.04 Å². The number of urea groups is 1. The molecule has 4 aliphatic rings. The summed E-state index contributed by atoms with van der Waals surface area (Å²) in [7, 11) is 0. The van der Waals surface area contributed by atoms with E-state index < -0.39 is 0 Å². The third kappa shape index (κ3) is 1.39. The van der Waals surface area contributed by atoms with Crippen molar-refractivity contribution in [1.29, 1.82) is 0 Å². The number of hydrogen-bond donors (Lipinski definition) is 1. The molecule has 2 atom stereocenters. The normalized spacial score (nSPS) is 38.4. The van der Waals surface area contributed by atoms with E-state index in [4.69, 9.17) is 0 Å². The van der Waals surface area contributed by atoms with Crippen LogP contribution in [-0.4, -0.2) is 54.0 Å². The Balaban J connectivity index is 1.31. The smallest absolute Gasteiger partial charge is 0.317 e. The van der Waals surface area contributed by atoms with Crippen LogP contribution in [0.2, 0.25) is 0 Å². The van der Waals surface area contributed by atoms with Gasteiger partial charge in [0, 0.05) is 32.1 Å². The van der Waals surface area contributed by atoms with E-state index in [1.807, 2.05) is 9.80 Å². The second-order valence-electron chi connectivity index (χ2n) is 6.11. The molecule has 18 heavy (non-hydrogen) atoms. The van der Waals surface area contributed by atoms with E-state index in [9.17, 15) is 9.59 Å². The van der Waals surface area contributed by atoms with Gasteiger partial charge in [-0.25, -0.2) is 4.79 Å². The van der Waals surface area contributed by atoms with Crippen LogP contribution >= 0.6 is 0 Å². The Labute approximate surface area is 106 Å². The minimum Gasteiger partial charge on any atom is -0.338 e. The summed E-state index contributed by atoms with van der Waals surface area (Å²) < 4.78 is 0. The summed E-state index contributed by atoms with van der Waals surface area (Å²) >= 11 is 0. The van der Waals surface area contributed by atoms with Crippen molar-refractivity contribution < 1.29 is 9.59 Å². The van der Waals surface area contributed by atoms with Gasteiger partial charge in [0.2, 0.25) is 5.91 Å². The van der Waals surface area contributed by atoms with Crippen molar-refractivity contribution in [2.75, 3.05) is 26.2 Å². The molecule has 2 aliphatic carbocycles. The highest BCUT2D eigenvalue weighted by molar-refractivity contribution is 5.84. The SMILES string of the molecule is O=C(C1C2CCCC21)N1CC(N2CCNC2=O)C1. The van der Waals surface area contributed by atoms with Gasteiger partial charge >= 0.3 is 6.03 Å². The van der Waals surface area contributed by atoms with Crippen molar-refractivity contribution in [2.24, 2.45) is 17.8 Å². The number of carbonyl (C=O) groups is 2. The number of hydrogen-bond acceptors (Lipinski definition) is 2. The lowest BCUT2D eigenvalue weighted by atomic mass is 10.0. The molecule has 2 saturated carbocycles. The summed E-state index contributed by atoms with van der Waals surface area (Å²) in [5.41, 5.74) is 0. The van der Waals surface area contributed by atoms with Crippen LogP contribution in [0.3, 0.4) is 0 Å². The summed E-state index contributed by atoms with van der Waals surface area (Å²) in [5.74, 6) is 2.10. The maximum atomic E-state index is 12.3. The average molecular weight is 249 g/mol. The highest BCUT2D eigenvalue weighted by atomic mass is 16.2. The zero-order valence-electron chi connectivity index (χ0n) is 10.5. The minimum atomic E-state index is 0.0374. The molecule has 5 nitrogen and oxygen atoms in total. The topological polar surface area (TPSA) is 52.7 Å². The first kappa shape index (κ1) is 10.6. The summed E-state index contributed by atoms with van der Waals surface area (Å²) in [6, 6.07) is 0.297. The van der Waals surface area contributed by atoms with Crippen LogP contribution in [-0.2, 0) is 4.79 Å². The summed E-state index contributed by atoms with van der Waals surface area (Å²) in [6.07, 6.45) is 3.83. The first-order valence-corrected chi connectivity index (χ1v) is 7.09. The van der Waals surface area contributed by atoms with Crippen LogP contribution < -0.4 is 5.32 Å². The lowest BCUT2D eigenvalue weighted by Gasteiger charge is -2.43. The summed E-state index contributed by atoms with van der Waals surface area (Å²) in [4.78, 5) is 27.6. The molecule has 0 spiro atoms. The Morgan fingerprint density at radius 2 is 1.94 bits per heavy atom. The van der Waals surface area contributed by atoms with Crippen LogP contribution in [0.1, 0.15) is 19.3 Å². The average Bonchev–Trinajstić information content (AvgIpc) is 2.65. The van der Waals surface area contributed by atoms with E-state index in [-0.39, 0.29) is 12.1 Å². The van der Waals surface area contributed by atoms with Crippen molar-refractivity contribution in [1.82, 2.24) is 15.1 Å². The van der Waals surface area contributed by atoms with E-state index in [1.54, 1.807) is 0 Å². The Morgan fingerprint density at radius 1 is 1.22 bits per heavy atom. The second-order valence-corrected chi connectivity index (χ2v) is 6.11. The first-order chi connectivity index (χ1) is 8.75. The molecule has 1 N–H and O–H groups in total. The van der Waals surface area contributed by atoms with Crippen molar-refractivity contribution in [3.63, 3.8) is 0 Å². The van der Waals surface area contributed by atoms with E-state index in [2.05, 4.69) is 5.32 Å². The van der Waals surface area contributed by atoms with Crippen LogP contribution in [0.25, 0.3) is 0 Å². The maximum Gasteiger partial charge on any atom is 0.317 e. The molecule has 2 aliphatic heterocycles. The lowest BCUT2D eigenvalue weighted by Crippen LogP contribution is -2.62. The van der Waals surface area contributed by atoms with Crippen LogP contribution in [0.4, 0.5) is 4.79 Å².